The van der Waals surface area contributed by atoms with Crippen LogP contribution in [0.3, 0.4) is 0 Å². The van der Waals surface area contributed by atoms with Gasteiger partial charge >= 0.3 is 0 Å². The first kappa shape index (κ1) is 7.10. The number of ether oxygens (including phenoxy) is 1. The minimum atomic E-state index is -0.411. The zero-order valence-corrected chi connectivity index (χ0v) is 6.44. The molecule has 12 heavy (non-hydrogen) atoms. The summed E-state index contributed by atoms with van der Waals surface area (Å²) >= 11 is 0. The summed E-state index contributed by atoms with van der Waals surface area (Å²) in [5, 5.41) is 0. The van der Waals surface area contributed by atoms with Crippen molar-refractivity contribution in [1.82, 2.24) is 0 Å². The molecule has 1 aliphatic rings. The van der Waals surface area contributed by atoms with Crippen LogP contribution in [-0.4, -0.2) is 5.78 Å². The summed E-state index contributed by atoms with van der Waals surface area (Å²) in [6, 6.07) is 9.47. The van der Waals surface area contributed by atoms with Crippen LogP contribution in [0.5, 0.6) is 0 Å². The second kappa shape index (κ2) is 2.81. The van der Waals surface area contributed by atoms with Crippen LogP contribution < -0.4 is 0 Å². The van der Waals surface area contributed by atoms with E-state index in [1.54, 1.807) is 0 Å². The number of carbonyl (C=O) groups is 1. The van der Waals surface area contributed by atoms with Crippen LogP contribution in [0.2, 0.25) is 0 Å². The molecular weight excluding hydrogens is 152 g/mol. The first-order valence-corrected chi connectivity index (χ1v) is 3.79. The van der Waals surface area contributed by atoms with Gasteiger partial charge in [-0.05, 0) is 0 Å². The topological polar surface area (TPSA) is 26.3 Å². The lowest BCUT2D eigenvalue weighted by atomic mass is 10.1. The fourth-order valence-corrected chi connectivity index (χ4v) is 1.21. The molecule has 2 nitrogen and oxygen atoms in total. The third kappa shape index (κ3) is 1.11. The second-order valence-electron chi connectivity index (χ2n) is 2.63. The van der Waals surface area contributed by atoms with Crippen molar-refractivity contribution in [2.75, 3.05) is 0 Å². The summed E-state index contributed by atoms with van der Waals surface area (Å²) in [5.74, 6) is 0.0150. The number of rotatable bonds is 1. The van der Waals surface area contributed by atoms with Gasteiger partial charge in [0.2, 0.25) is 5.78 Å². The van der Waals surface area contributed by atoms with Gasteiger partial charge in [0.25, 0.3) is 0 Å². The van der Waals surface area contributed by atoms with E-state index in [2.05, 4.69) is 0 Å². The van der Waals surface area contributed by atoms with Crippen LogP contribution in [0.4, 0.5) is 0 Å². The minimum absolute atomic E-state index is 0.0150. The molecule has 1 unspecified atom stereocenters. The third-order valence-corrected chi connectivity index (χ3v) is 1.81. The first-order chi connectivity index (χ1) is 5.88. The van der Waals surface area contributed by atoms with E-state index in [1.807, 2.05) is 30.3 Å². The number of hydrogen-bond donors (Lipinski definition) is 0. The number of benzene rings is 1. The van der Waals surface area contributed by atoms with Gasteiger partial charge in [0, 0.05) is 11.6 Å². The zero-order valence-electron chi connectivity index (χ0n) is 6.44. The van der Waals surface area contributed by atoms with Crippen molar-refractivity contribution in [3.05, 3.63) is 48.2 Å². The molecule has 0 fully saturated rings. The molecule has 0 amide bonds. The Hall–Kier alpha value is -1.57. The Balaban J connectivity index is 2.27. The van der Waals surface area contributed by atoms with Crippen molar-refractivity contribution in [3.63, 3.8) is 0 Å². The van der Waals surface area contributed by atoms with E-state index >= 15 is 0 Å². The van der Waals surface area contributed by atoms with E-state index in [-0.39, 0.29) is 5.78 Å². The molecule has 2 heteroatoms. The van der Waals surface area contributed by atoms with E-state index in [9.17, 15) is 4.79 Å². The van der Waals surface area contributed by atoms with Crippen LogP contribution in [0, 0.1) is 0 Å². The zero-order chi connectivity index (χ0) is 8.39. The summed E-state index contributed by atoms with van der Waals surface area (Å²) < 4.78 is 5.12. The molecule has 0 radical (unpaired) electrons. The Morgan fingerprint density at radius 2 is 1.92 bits per heavy atom. The summed E-state index contributed by atoms with van der Waals surface area (Å²) in [4.78, 5) is 11.2. The standard InChI is InChI=1S/C10H8O2/c11-9-6-7-12-10(9)8-4-2-1-3-5-8/h1-7,10H. The van der Waals surface area contributed by atoms with Gasteiger partial charge in [-0.25, -0.2) is 0 Å². The van der Waals surface area contributed by atoms with Gasteiger partial charge in [-0.15, -0.1) is 0 Å². The number of carbonyl (C=O) groups excluding carboxylic acids is 1. The molecule has 1 aromatic rings. The monoisotopic (exact) mass is 160 g/mol. The van der Waals surface area contributed by atoms with Crippen molar-refractivity contribution in [2.45, 2.75) is 6.10 Å². The Morgan fingerprint density at radius 3 is 2.50 bits per heavy atom. The molecule has 0 aromatic heterocycles. The highest BCUT2D eigenvalue weighted by Crippen LogP contribution is 2.22. The fourth-order valence-electron chi connectivity index (χ4n) is 1.21. The van der Waals surface area contributed by atoms with Crippen molar-refractivity contribution in [3.8, 4) is 0 Å². The Morgan fingerprint density at radius 1 is 1.17 bits per heavy atom. The summed E-state index contributed by atoms with van der Waals surface area (Å²) in [6.45, 7) is 0. The lowest BCUT2D eigenvalue weighted by Crippen LogP contribution is -2.05. The predicted molar refractivity (Wildman–Crippen MR) is 44.4 cm³/mol. The van der Waals surface area contributed by atoms with Gasteiger partial charge in [-0.3, -0.25) is 4.79 Å². The Labute approximate surface area is 70.5 Å². The maximum Gasteiger partial charge on any atom is 0.203 e. The molecule has 0 N–H and O–H groups in total. The highest BCUT2D eigenvalue weighted by molar-refractivity contribution is 5.95. The highest BCUT2D eigenvalue weighted by Gasteiger charge is 2.22. The van der Waals surface area contributed by atoms with Gasteiger partial charge < -0.3 is 4.74 Å². The van der Waals surface area contributed by atoms with Crippen LogP contribution in [0.1, 0.15) is 11.7 Å². The molecule has 60 valence electrons. The van der Waals surface area contributed by atoms with Crippen molar-refractivity contribution in [1.29, 1.82) is 0 Å². The van der Waals surface area contributed by atoms with Crippen molar-refractivity contribution >= 4 is 5.78 Å². The van der Waals surface area contributed by atoms with Crippen molar-refractivity contribution in [2.24, 2.45) is 0 Å². The molecule has 0 saturated heterocycles. The second-order valence-corrected chi connectivity index (χ2v) is 2.63. The number of ketones is 1. The molecule has 1 heterocycles. The Kier molecular flexibility index (Phi) is 1.67. The third-order valence-electron chi connectivity index (χ3n) is 1.81. The summed E-state index contributed by atoms with van der Waals surface area (Å²) in [7, 11) is 0. The van der Waals surface area contributed by atoms with Crippen LogP contribution in [0.25, 0.3) is 0 Å². The molecule has 0 bridgehead atoms. The number of hydrogen-bond acceptors (Lipinski definition) is 2. The van der Waals surface area contributed by atoms with Gasteiger partial charge in [0.15, 0.2) is 6.10 Å². The van der Waals surface area contributed by atoms with E-state index in [4.69, 9.17) is 4.74 Å². The molecule has 1 aromatic carbocycles. The maximum atomic E-state index is 11.2. The molecule has 2 rings (SSSR count). The van der Waals surface area contributed by atoms with E-state index in [1.165, 1.54) is 12.3 Å². The average molecular weight is 160 g/mol. The molecule has 1 atom stereocenters. The lowest BCUT2D eigenvalue weighted by Gasteiger charge is -2.07. The molecule has 1 aliphatic heterocycles. The lowest BCUT2D eigenvalue weighted by molar-refractivity contribution is -0.120. The van der Waals surface area contributed by atoms with Crippen LogP contribution in [0.15, 0.2) is 42.7 Å². The maximum absolute atomic E-state index is 11.2. The van der Waals surface area contributed by atoms with Gasteiger partial charge in [0.05, 0.1) is 6.26 Å². The normalized spacial score (nSPS) is 21.0. The predicted octanol–water partition coefficient (Wildman–Crippen LogP) is 1.84. The molecule has 0 saturated carbocycles. The smallest absolute Gasteiger partial charge is 0.203 e. The highest BCUT2D eigenvalue weighted by atomic mass is 16.5. The molecule has 0 aliphatic carbocycles. The fraction of sp³-hybridized carbons (Fsp3) is 0.100. The van der Waals surface area contributed by atoms with Gasteiger partial charge in [0.1, 0.15) is 0 Å². The molecule has 0 spiro atoms. The van der Waals surface area contributed by atoms with E-state index in [0.29, 0.717) is 0 Å². The SMILES string of the molecule is O=C1C=COC1c1ccccc1. The Bertz CT molecular complexity index is 314. The van der Waals surface area contributed by atoms with E-state index < -0.39 is 6.10 Å². The minimum Gasteiger partial charge on any atom is -0.485 e. The summed E-state index contributed by atoms with van der Waals surface area (Å²) in [5.41, 5.74) is 0.910. The first-order valence-electron chi connectivity index (χ1n) is 3.79. The largest absolute Gasteiger partial charge is 0.485 e. The van der Waals surface area contributed by atoms with E-state index in [0.717, 1.165) is 5.56 Å². The quantitative estimate of drug-likeness (QED) is 0.626. The van der Waals surface area contributed by atoms with Crippen LogP contribution >= 0.6 is 0 Å². The van der Waals surface area contributed by atoms with Gasteiger partial charge in [-0.1, -0.05) is 30.3 Å². The van der Waals surface area contributed by atoms with Gasteiger partial charge in [-0.2, -0.15) is 0 Å². The summed E-state index contributed by atoms with van der Waals surface area (Å²) in [6.07, 6.45) is 2.49. The molecular formula is C10H8O2. The van der Waals surface area contributed by atoms with Crippen LogP contribution in [-0.2, 0) is 9.53 Å². The van der Waals surface area contributed by atoms with Crippen molar-refractivity contribution < 1.29 is 9.53 Å². The average Bonchev–Trinajstić information content (AvgIpc) is 2.53.